The molecule has 0 saturated carbocycles. The van der Waals surface area contributed by atoms with E-state index in [4.69, 9.17) is 0 Å². The minimum absolute atomic E-state index is 0.686. The normalized spacial score (nSPS) is 11.6. The number of hydrogen-bond acceptors (Lipinski definition) is 1. The number of aromatic nitrogens is 2. The molecule has 0 radical (unpaired) electrons. The third-order valence-electron chi connectivity index (χ3n) is 3.10. The van der Waals surface area contributed by atoms with E-state index >= 15 is 0 Å². The Hall–Kier alpha value is -1.31. The number of nitrogens with zero attached hydrogens (tertiary/aromatic N) is 2. The van der Waals surface area contributed by atoms with Gasteiger partial charge in [-0.25, -0.2) is 0 Å². The van der Waals surface area contributed by atoms with Gasteiger partial charge in [-0.1, -0.05) is 32.9 Å². The van der Waals surface area contributed by atoms with Crippen LogP contribution in [0.25, 0.3) is 10.9 Å². The summed E-state index contributed by atoms with van der Waals surface area (Å²) >= 11 is 0. The maximum Gasteiger partial charge on any atom is 0.0713 e. The molecule has 0 aliphatic heterocycles. The van der Waals surface area contributed by atoms with Crippen molar-refractivity contribution in [3.63, 3.8) is 0 Å². The molecule has 0 saturated heterocycles. The van der Waals surface area contributed by atoms with Gasteiger partial charge in [-0.05, 0) is 29.9 Å². The lowest BCUT2D eigenvalue weighted by Gasteiger charge is -2.12. The number of aryl methyl sites for hydroxylation is 2. The predicted molar refractivity (Wildman–Crippen MR) is 68.6 cm³/mol. The Morgan fingerprint density at radius 3 is 2.69 bits per heavy atom. The van der Waals surface area contributed by atoms with Gasteiger partial charge in [0.25, 0.3) is 0 Å². The highest BCUT2D eigenvalue weighted by atomic mass is 15.2. The molecule has 1 aromatic carbocycles. The number of fused-ring (bicyclic) bond motifs is 1. The van der Waals surface area contributed by atoms with Crippen molar-refractivity contribution in [1.82, 2.24) is 9.78 Å². The predicted octanol–water partition coefficient (Wildman–Crippen LogP) is 3.33. The molecule has 0 spiro atoms. The van der Waals surface area contributed by atoms with Crippen molar-refractivity contribution in [3.05, 3.63) is 29.5 Å². The van der Waals surface area contributed by atoms with E-state index in [9.17, 15) is 0 Å². The third kappa shape index (κ3) is 1.84. The quantitative estimate of drug-likeness (QED) is 0.769. The molecule has 2 aromatic rings. The van der Waals surface area contributed by atoms with Crippen LogP contribution in [0.5, 0.6) is 0 Å². The van der Waals surface area contributed by atoms with Gasteiger partial charge in [0, 0.05) is 12.4 Å². The highest BCUT2D eigenvalue weighted by Crippen LogP contribution is 2.25. The summed E-state index contributed by atoms with van der Waals surface area (Å²) in [6, 6.07) is 4.44. The van der Waals surface area contributed by atoms with Gasteiger partial charge in [-0.15, -0.1) is 0 Å². The highest BCUT2D eigenvalue weighted by Gasteiger charge is 2.11. The van der Waals surface area contributed by atoms with Gasteiger partial charge < -0.3 is 0 Å². The van der Waals surface area contributed by atoms with Crippen molar-refractivity contribution < 1.29 is 0 Å². The van der Waals surface area contributed by atoms with E-state index in [1.54, 1.807) is 0 Å². The van der Waals surface area contributed by atoms with E-state index in [2.05, 4.69) is 38.0 Å². The standard InChI is InChI=1S/C14H20N2/c1-5-11-6-7-12-9-15-16(4)14(12)13(11)8-10(2)3/h6-7,9-10H,5,8H2,1-4H3. The summed E-state index contributed by atoms with van der Waals surface area (Å²) < 4.78 is 2.01. The Kier molecular flexibility index (Phi) is 2.99. The SMILES string of the molecule is CCc1ccc2cnn(C)c2c1CC(C)C. The summed E-state index contributed by atoms with van der Waals surface area (Å²) in [5.41, 5.74) is 4.26. The zero-order valence-electron chi connectivity index (χ0n) is 10.6. The van der Waals surface area contributed by atoms with Crippen LogP contribution < -0.4 is 0 Å². The number of hydrogen-bond donors (Lipinski definition) is 0. The van der Waals surface area contributed by atoms with Gasteiger partial charge in [-0.2, -0.15) is 5.10 Å². The van der Waals surface area contributed by atoms with Crippen LogP contribution >= 0.6 is 0 Å². The minimum atomic E-state index is 0.686. The van der Waals surface area contributed by atoms with Crippen LogP contribution in [0.3, 0.4) is 0 Å². The fourth-order valence-electron chi connectivity index (χ4n) is 2.36. The maximum atomic E-state index is 4.36. The summed E-state index contributed by atoms with van der Waals surface area (Å²) in [4.78, 5) is 0. The highest BCUT2D eigenvalue weighted by molar-refractivity contribution is 5.83. The maximum absolute atomic E-state index is 4.36. The van der Waals surface area contributed by atoms with Crippen LogP contribution in [-0.2, 0) is 19.9 Å². The third-order valence-corrected chi connectivity index (χ3v) is 3.10. The second kappa shape index (κ2) is 4.28. The molecule has 0 aliphatic rings. The Bertz CT molecular complexity index is 495. The molecular formula is C14H20N2. The van der Waals surface area contributed by atoms with Crippen LogP contribution in [0.4, 0.5) is 0 Å². The lowest BCUT2D eigenvalue weighted by molar-refractivity contribution is 0.642. The first-order valence-corrected chi connectivity index (χ1v) is 6.06. The van der Waals surface area contributed by atoms with Crippen molar-refractivity contribution >= 4 is 10.9 Å². The second-order valence-corrected chi connectivity index (χ2v) is 4.86. The van der Waals surface area contributed by atoms with E-state index in [-0.39, 0.29) is 0 Å². The molecule has 86 valence electrons. The topological polar surface area (TPSA) is 17.8 Å². The zero-order valence-corrected chi connectivity index (χ0v) is 10.6. The Morgan fingerprint density at radius 2 is 2.06 bits per heavy atom. The molecule has 2 nitrogen and oxygen atoms in total. The van der Waals surface area contributed by atoms with Gasteiger partial charge in [0.15, 0.2) is 0 Å². The fraction of sp³-hybridized carbons (Fsp3) is 0.500. The summed E-state index contributed by atoms with van der Waals surface area (Å²) in [6.45, 7) is 6.77. The molecule has 1 heterocycles. The smallest absolute Gasteiger partial charge is 0.0713 e. The van der Waals surface area contributed by atoms with Gasteiger partial charge in [0.2, 0.25) is 0 Å². The van der Waals surface area contributed by atoms with Crippen molar-refractivity contribution in [3.8, 4) is 0 Å². The van der Waals surface area contributed by atoms with Crippen LogP contribution in [0.2, 0.25) is 0 Å². The molecule has 0 aliphatic carbocycles. The summed E-state index contributed by atoms with van der Waals surface area (Å²) in [6.07, 6.45) is 4.20. The minimum Gasteiger partial charge on any atom is -0.268 e. The summed E-state index contributed by atoms with van der Waals surface area (Å²) in [7, 11) is 2.03. The molecule has 0 amide bonds. The number of benzene rings is 1. The molecular weight excluding hydrogens is 196 g/mol. The van der Waals surface area contributed by atoms with E-state index < -0.39 is 0 Å². The van der Waals surface area contributed by atoms with Gasteiger partial charge >= 0.3 is 0 Å². The Balaban J connectivity index is 2.66. The van der Waals surface area contributed by atoms with Gasteiger partial charge in [0.05, 0.1) is 11.7 Å². The molecule has 2 rings (SSSR count). The fourth-order valence-corrected chi connectivity index (χ4v) is 2.36. The average molecular weight is 216 g/mol. The Labute approximate surface area is 97.3 Å². The number of rotatable bonds is 3. The van der Waals surface area contributed by atoms with Crippen LogP contribution in [0.15, 0.2) is 18.3 Å². The van der Waals surface area contributed by atoms with Crippen molar-refractivity contribution in [2.45, 2.75) is 33.6 Å². The van der Waals surface area contributed by atoms with Crippen LogP contribution in [-0.4, -0.2) is 9.78 Å². The molecule has 1 aromatic heterocycles. The largest absolute Gasteiger partial charge is 0.268 e. The summed E-state index contributed by atoms with van der Waals surface area (Å²) in [5, 5.41) is 5.62. The molecule has 2 heteroatoms. The lowest BCUT2D eigenvalue weighted by Crippen LogP contribution is -2.03. The van der Waals surface area contributed by atoms with Crippen LogP contribution in [0.1, 0.15) is 31.9 Å². The zero-order chi connectivity index (χ0) is 11.7. The molecule has 0 N–H and O–H groups in total. The van der Waals surface area contributed by atoms with E-state index in [1.165, 1.54) is 22.0 Å². The van der Waals surface area contributed by atoms with Gasteiger partial charge in [0.1, 0.15) is 0 Å². The van der Waals surface area contributed by atoms with Crippen LogP contribution in [0, 0.1) is 5.92 Å². The van der Waals surface area contributed by atoms with E-state index in [0.29, 0.717) is 5.92 Å². The molecule has 0 atom stereocenters. The Morgan fingerprint density at radius 1 is 1.31 bits per heavy atom. The molecule has 16 heavy (non-hydrogen) atoms. The molecule has 0 unspecified atom stereocenters. The van der Waals surface area contributed by atoms with Crippen molar-refractivity contribution in [2.75, 3.05) is 0 Å². The average Bonchev–Trinajstić information content (AvgIpc) is 2.60. The molecule has 0 fully saturated rings. The van der Waals surface area contributed by atoms with Crippen molar-refractivity contribution in [1.29, 1.82) is 0 Å². The van der Waals surface area contributed by atoms with Gasteiger partial charge in [-0.3, -0.25) is 4.68 Å². The second-order valence-electron chi connectivity index (χ2n) is 4.86. The van der Waals surface area contributed by atoms with Crippen molar-refractivity contribution in [2.24, 2.45) is 13.0 Å². The molecule has 0 bridgehead atoms. The lowest BCUT2D eigenvalue weighted by atomic mass is 9.94. The monoisotopic (exact) mass is 216 g/mol. The first-order valence-electron chi connectivity index (χ1n) is 6.06. The van der Waals surface area contributed by atoms with E-state index in [1.807, 2.05) is 17.9 Å². The summed E-state index contributed by atoms with van der Waals surface area (Å²) in [5.74, 6) is 0.686. The van der Waals surface area contributed by atoms with E-state index in [0.717, 1.165) is 12.8 Å². The first kappa shape index (κ1) is 11.2. The first-order chi connectivity index (χ1) is 7.63.